The van der Waals surface area contributed by atoms with Crippen molar-refractivity contribution in [1.82, 2.24) is 9.97 Å². The Morgan fingerprint density at radius 2 is 2.00 bits per heavy atom. The van der Waals surface area contributed by atoms with Gasteiger partial charge in [-0.25, -0.2) is 4.98 Å². The Bertz CT molecular complexity index is 580. The van der Waals surface area contributed by atoms with Crippen molar-refractivity contribution in [2.24, 2.45) is 0 Å². The molecule has 1 aromatic carbocycles. The molecule has 0 amide bonds. The number of nitrogen functional groups attached to an aromatic ring is 1. The van der Waals surface area contributed by atoms with Crippen molar-refractivity contribution >= 4 is 17.3 Å². The second-order valence-corrected chi connectivity index (χ2v) is 3.75. The molecule has 0 radical (unpaired) electrons. The van der Waals surface area contributed by atoms with Gasteiger partial charge in [0.15, 0.2) is 11.6 Å². The van der Waals surface area contributed by atoms with Crippen molar-refractivity contribution < 1.29 is 17.9 Å². The molecule has 1 heterocycles. The number of alkyl halides is 3. The molecular weight excluding hydrogens is 261 g/mol. The fraction of sp³-hybridized carbons (Fsp3) is 0.182. The molecule has 0 aliphatic heterocycles. The van der Waals surface area contributed by atoms with E-state index in [-0.39, 0.29) is 23.1 Å². The maximum atomic E-state index is 12.2. The highest BCUT2D eigenvalue weighted by molar-refractivity contribution is 5.70. The Kier molecular flexibility index (Phi) is 3.24. The third-order valence-electron chi connectivity index (χ3n) is 2.22. The molecule has 2 rings (SSSR count). The van der Waals surface area contributed by atoms with Gasteiger partial charge in [0.25, 0.3) is 0 Å². The van der Waals surface area contributed by atoms with Crippen LogP contribution in [0, 0.1) is 6.92 Å². The third-order valence-corrected chi connectivity index (χ3v) is 2.22. The first-order valence-electron chi connectivity index (χ1n) is 5.29. The maximum absolute atomic E-state index is 12.2. The van der Waals surface area contributed by atoms with Gasteiger partial charge in [-0.2, -0.15) is 0 Å². The van der Waals surface area contributed by atoms with Crippen molar-refractivity contribution in [2.45, 2.75) is 13.3 Å². The largest absolute Gasteiger partial charge is 0.573 e. The number of halogens is 3. The number of anilines is 3. The first kappa shape index (κ1) is 13.1. The molecule has 2 aromatic rings. The number of aryl methyl sites for hydroxylation is 1. The SMILES string of the molecule is Cc1nc(Nc2ccccc2OC(F)(F)F)c(N)[nH]1. The number of hydrogen-bond donors (Lipinski definition) is 3. The highest BCUT2D eigenvalue weighted by Gasteiger charge is 2.32. The highest BCUT2D eigenvalue weighted by Crippen LogP contribution is 2.32. The summed E-state index contributed by atoms with van der Waals surface area (Å²) in [6, 6.07) is 5.64. The number of rotatable bonds is 3. The number of para-hydroxylation sites is 2. The molecular formula is C11H11F3N4O. The Morgan fingerprint density at radius 1 is 1.32 bits per heavy atom. The van der Waals surface area contributed by atoms with Gasteiger partial charge in [-0.3, -0.25) is 0 Å². The summed E-state index contributed by atoms with van der Waals surface area (Å²) in [6.07, 6.45) is -4.76. The monoisotopic (exact) mass is 272 g/mol. The second-order valence-electron chi connectivity index (χ2n) is 3.75. The molecule has 0 fully saturated rings. The average Bonchev–Trinajstić information content (AvgIpc) is 2.58. The summed E-state index contributed by atoms with van der Waals surface area (Å²) in [5.41, 5.74) is 5.75. The smallest absolute Gasteiger partial charge is 0.404 e. The molecule has 8 heteroatoms. The molecule has 0 saturated carbocycles. The Balaban J connectivity index is 2.27. The number of H-pyrrole nitrogens is 1. The second kappa shape index (κ2) is 4.71. The van der Waals surface area contributed by atoms with E-state index in [4.69, 9.17) is 5.73 Å². The summed E-state index contributed by atoms with van der Waals surface area (Å²) in [5.74, 6) is 0.680. The van der Waals surface area contributed by atoms with Gasteiger partial charge < -0.3 is 20.8 Å². The van der Waals surface area contributed by atoms with Crippen molar-refractivity contribution in [3.63, 3.8) is 0 Å². The number of aromatic nitrogens is 2. The fourth-order valence-corrected chi connectivity index (χ4v) is 1.52. The van der Waals surface area contributed by atoms with Crippen molar-refractivity contribution in [2.75, 3.05) is 11.1 Å². The zero-order chi connectivity index (χ0) is 14.0. The number of aromatic amines is 1. The van der Waals surface area contributed by atoms with Crippen molar-refractivity contribution in [3.8, 4) is 5.75 Å². The molecule has 5 nitrogen and oxygen atoms in total. The number of benzene rings is 1. The van der Waals surface area contributed by atoms with Gasteiger partial charge in [0.05, 0.1) is 5.69 Å². The first-order valence-corrected chi connectivity index (χ1v) is 5.29. The summed E-state index contributed by atoms with van der Waals surface area (Å²) in [4.78, 5) is 6.75. The summed E-state index contributed by atoms with van der Waals surface area (Å²) in [6.45, 7) is 1.68. The molecule has 0 unspecified atom stereocenters. The molecule has 0 saturated heterocycles. The molecule has 0 aliphatic carbocycles. The lowest BCUT2D eigenvalue weighted by Gasteiger charge is -2.13. The van der Waals surface area contributed by atoms with E-state index in [0.29, 0.717) is 5.82 Å². The Morgan fingerprint density at radius 3 is 2.58 bits per heavy atom. The predicted molar refractivity (Wildman–Crippen MR) is 64.1 cm³/mol. The van der Waals surface area contributed by atoms with Crippen LogP contribution in [0.25, 0.3) is 0 Å². The summed E-state index contributed by atoms with van der Waals surface area (Å²) >= 11 is 0. The third kappa shape index (κ3) is 3.30. The van der Waals surface area contributed by atoms with Crippen LogP contribution >= 0.6 is 0 Å². The fourth-order valence-electron chi connectivity index (χ4n) is 1.52. The lowest BCUT2D eigenvalue weighted by atomic mass is 10.3. The van der Waals surface area contributed by atoms with E-state index in [9.17, 15) is 13.2 Å². The minimum Gasteiger partial charge on any atom is -0.404 e. The van der Waals surface area contributed by atoms with Gasteiger partial charge in [-0.1, -0.05) is 12.1 Å². The van der Waals surface area contributed by atoms with Gasteiger partial charge in [0, 0.05) is 0 Å². The minimum atomic E-state index is -4.76. The van der Waals surface area contributed by atoms with Gasteiger partial charge in [-0.15, -0.1) is 13.2 Å². The van der Waals surface area contributed by atoms with Crippen LogP contribution in [0.5, 0.6) is 5.75 Å². The van der Waals surface area contributed by atoms with E-state index in [1.165, 1.54) is 18.2 Å². The minimum absolute atomic E-state index is 0.123. The lowest BCUT2D eigenvalue weighted by molar-refractivity contribution is -0.274. The normalized spacial score (nSPS) is 11.4. The van der Waals surface area contributed by atoms with E-state index in [1.54, 1.807) is 13.0 Å². The molecule has 1 aromatic heterocycles. The molecule has 102 valence electrons. The van der Waals surface area contributed by atoms with Crippen LogP contribution in [-0.2, 0) is 0 Å². The predicted octanol–water partition coefficient (Wildman–Crippen LogP) is 2.94. The topological polar surface area (TPSA) is 76.0 Å². The van der Waals surface area contributed by atoms with Crippen LogP contribution in [0.2, 0.25) is 0 Å². The molecule has 0 atom stereocenters. The number of nitrogens with zero attached hydrogens (tertiary/aromatic N) is 1. The Labute approximate surface area is 106 Å². The Hall–Kier alpha value is -2.38. The average molecular weight is 272 g/mol. The van der Waals surface area contributed by atoms with Crippen LogP contribution in [-0.4, -0.2) is 16.3 Å². The zero-order valence-electron chi connectivity index (χ0n) is 9.88. The molecule has 4 N–H and O–H groups in total. The number of imidazole rings is 1. The van der Waals surface area contributed by atoms with Crippen molar-refractivity contribution in [3.05, 3.63) is 30.1 Å². The van der Waals surface area contributed by atoms with Gasteiger partial charge in [0.2, 0.25) is 0 Å². The van der Waals surface area contributed by atoms with E-state index < -0.39 is 6.36 Å². The van der Waals surface area contributed by atoms with Crippen LogP contribution < -0.4 is 15.8 Å². The summed E-state index contributed by atoms with van der Waals surface area (Å²) < 4.78 is 40.7. The highest BCUT2D eigenvalue weighted by atomic mass is 19.4. The zero-order valence-corrected chi connectivity index (χ0v) is 9.88. The maximum Gasteiger partial charge on any atom is 0.573 e. The van der Waals surface area contributed by atoms with Gasteiger partial charge in [-0.05, 0) is 19.1 Å². The number of nitrogens with two attached hydrogens (primary N) is 1. The van der Waals surface area contributed by atoms with E-state index >= 15 is 0 Å². The quantitative estimate of drug-likeness (QED) is 0.803. The number of nitrogens with one attached hydrogen (secondary N) is 2. The van der Waals surface area contributed by atoms with Gasteiger partial charge >= 0.3 is 6.36 Å². The van der Waals surface area contributed by atoms with Crippen LogP contribution in [0.4, 0.5) is 30.5 Å². The standard InChI is InChI=1S/C11H11F3N4O/c1-6-16-9(15)10(17-6)18-7-4-2-3-5-8(7)19-11(12,13)14/h2-5,18H,15H2,1H3,(H,16,17). The van der Waals surface area contributed by atoms with Crippen LogP contribution in [0.3, 0.4) is 0 Å². The van der Waals surface area contributed by atoms with Crippen LogP contribution in [0.1, 0.15) is 5.82 Å². The molecule has 19 heavy (non-hydrogen) atoms. The van der Waals surface area contributed by atoms with E-state index in [0.717, 1.165) is 0 Å². The molecule has 0 aliphatic rings. The summed E-state index contributed by atoms with van der Waals surface area (Å²) in [5, 5.41) is 2.69. The number of ether oxygens (including phenoxy) is 1. The summed E-state index contributed by atoms with van der Waals surface area (Å²) in [7, 11) is 0. The lowest BCUT2D eigenvalue weighted by Crippen LogP contribution is -2.17. The molecule has 0 bridgehead atoms. The number of hydrogen-bond acceptors (Lipinski definition) is 4. The molecule has 0 spiro atoms. The van der Waals surface area contributed by atoms with Crippen molar-refractivity contribution in [1.29, 1.82) is 0 Å². The van der Waals surface area contributed by atoms with Gasteiger partial charge in [0.1, 0.15) is 11.6 Å². The first-order chi connectivity index (χ1) is 8.85. The van der Waals surface area contributed by atoms with Crippen LogP contribution in [0.15, 0.2) is 24.3 Å². The van der Waals surface area contributed by atoms with E-state index in [1.807, 2.05) is 0 Å². The van der Waals surface area contributed by atoms with E-state index in [2.05, 4.69) is 20.0 Å².